The number of phenolic OH excluding ortho intramolecular Hbond substituents is 3. The number of aliphatic hydroxyl groups is 2. The van der Waals surface area contributed by atoms with Crippen LogP contribution in [0.5, 0.6) is 23.0 Å². The molecule has 6 N–H and O–H groups in total. The van der Waals surface area contributed by atoms with Crippen molar-refractivity contribution >= 4 is 46.4 Å². The molecule has 3 aromatic carbocycles. The summed E-state index contributed by atoms with van der Waals surface area (Å²) in [5.41, 5.74) is 0.718. The lowest BCUT2D eigenvalue weighted by Crippen LogP contribution is -2.46. The van der Waals surface area contributed by atoms with Gasteiger partial charge in [-0.2, -0.15) is 5.10 Å². The van der Waals surface area contributed by atoms with Crippen LogP contribution >= 0.6 is 0 Å². The average molecular weight is 925 g/mol. The van der Waals surface area contributed by atoms with Gasteiger partial charge in [0.15, 0.2) is 5.75 Å². The van der Waals surface area contributed by atoms with Crippen molar-refractivity contribution in [1.82, 2.24) is 9.91 Å². The number of hydrazone groups is 1. The number of piperazine rings is 1. The number of benzene rings is 3. The zero-order valence-electron chi connectivity index (χ0n) is 39.6. The van der Waals surface area contributed by atoms with Gasteiger partial charge in [0, 0.05) is 93.9 Å². The molecule has 1 amide bonds. The Hall–Kier alpha value is -6.20. The first-order chi connectivity index (χ1) is 31.8. The van der Waals surface area contributed by atoms with Gasteiger partial charge in [-0.25, -0.2) is 0 Å². The Morgan fingerprint density at radius 1 is 0.925 bits per heavy atom. The summed E-state index contributed by atoms with van der Waals surface area (Å²) in [4.78, 5) is 43.1. The molecule has 16 heteroatoms. The normalized spacial score (nSPS) is 29.7. The third kappa shape index (κ3) is 10.7. The van der Waals surface area contributed by atoms with Crippen LogP contribution in [0.4, 0.5) is 5.69 Å². The number of ether oxygens (including phenoxy) is 4. The number of nitrogens with one attached hydrogen (secondary N) is 1. The predicted molar refractivity (Wildman–Crippen MR) is 255 cm³/mol. The van der Waals surface area contributed by atoms with Crippen molar-refractivity contribution in [2.24, 2.45) is 28.8 Å². The maximum Gasteiger partial charge on any atom is 0.312 e. The highest BCUT2D eigenvalue weighted by atomic mass is 16.7. The summed E-state index contributed by atoms with van der Waals surface area (Å²) in [6, 6.07) is 10.0. The van der Waals surface area contributed by atoms with Crippen LogP contribution in [-0.2, 0) is 23.8 Å². The first-order valence-electron chi connectivity index (χ1n) is 22.6. The molecule has 5 bridgehead atoms. The molecule has 0 spiro atoms. The summed E-state index contributed by atoms with van der Waals surface area (Å²) in [7, 11) is 1.44. The van der Waals surface area contributed by atoms with E-state index in [0.717, 1.165) is 12.1 Å². The summed E-state index contributed by atoms with van der Waals surface area (Å²) in [6.07, 6.45) is 9.03. The van der Waals surface area contributed by atoms with E-state index in [2.05, 4.69) is 27.5 Å². The zero-order valence-corrected chi connectivity index (χ0v) is 39.6. The minimum Gasteiger partial charge on any atom is -0.507 e. The molecule has 0 radical (unpaired) electrons. The predicted octanol–water partition coefficient (Wildman–Crippen LogP) is 6.42. The molecule has 4 heterocycles. The number of aliphatic hydroxyl groups excluding tert-OH is 2. The number of ketones is 1. The Balaban J connectivity index is 1.43. The number of amides is 1. The number of hydrogen-bond acceptors (Lipinski definition) is 15. The standard InChI is InChI=1S/C51H64N4O12/c1-28-15-13-16-29(2)50(63)53-41-36(27-52-55-24-22-54(23-25-55)21-14-19-35-17-11-10-12-18-35)45(60)38-39(46(41)61)44(59)33(6)48-40(38)49(62)51(8,67-48)65-26-20-37(64-9)30(3)47(66-34(7)56)32(5)43(58)31(4)42(28)57/h10-20,26-28,30-32,37,42-43,47,57-61H,21-25H2,1-9H3,(H,53,63)/b15-13+,19-14+,26-20+,29-16-,52-27-/t28-,30+,31+,32+,37-,42-,43+,47+,51-/m0/s1. The van der Waals surface area contributed by atoms with Crippen molar-refractivity contribution < 1.29 is 58.9 Å². The van der Waals surface area contributed by atoms with E-state index in [9.17, 15) is 39.9 Å². The molecular weight excluding hydrogens is 861 g/mol. The minimum atomic E-state index is -2.06. The van der Waals surface area contributed by atoms with E-state index in [4.69, 9.17) is 18.9 Å². The molecule has 0 unspecified atom stereocenters. The van der Waals surface area contributed by atoms with Crippen molar-refractivity contribution in [2.45, 2.75) is 85.6 Å². The molecule has 1 fully saturated rings. The van der Waals surface area contributed by atoms with Gasteiger partial charge in [-0.1, -0.05) is 88.4 Å². The second kappa shape index (κ2) is 21.2. The summed E-state index contributed by atoms with van der Waals surface area (Å²) >= 11 is 0. The van der Waals surface area contributed by atoms with Crippen LogP contribution in [0.2, 0.25) is 0 Å². The summed E-state index contributed by atoms with van der Waals surface area (Å²) in [5, 5.41) is 67.6. The molecule has 0 aliphatic carbocycles. The van der Waals surface area contributed by atoms with Gasteiger partial charge in [-0.05, 0) is 25.5 Å². The van der Waals surface area contributed by atoms with Gasteiger partial charge >= 0.3 is 11.8 Å². The van der Waals surface area contributed by atoms with Crippen LogP contribution in [0.3, 0.4) is 0 Å². The van der Waals surface area contributed by atoms with Crippen LogP contribution in [0.25, 0.3) is 16.8 Å². The van der Waals surface area contributed by atoms with E-state index < -0.39 is 88.8 Å². The topological polar surface area (TPSA) is 220 Å². The SMILES string of the molecule is CO[C@H]1/C=C/O[C@@]2(C)Oc3c(C)c(O)c4c(O)c(c(/C=N\N5CCN(C/C=C/c6ccccc6)CC5)c(O)c4c3C2=O)NC(=O)/C(C)=C\C=C\[C@H](C)[C@H](O)[C@@H](C)[C@@H](O)[C@@H](C)[C@H](OC(C)=O)[C@@H]1C. The van der Waals surface area contributed by atoms with Crippen molar-refractivity contribution in [3.63, 3.8) is 0 Å². The lowest BCUT2D eigenvalue weighted by molar-refractivity contribution is -0.160. The van der Waals surface area contributed by atoms with Gasteiger partial charge in [0.2, 0.25) is 0 Å². The molecule has 0 saturated carbocycles. The van der Waals surface area contributed by atoms with Gasteiger partial charge < -0.3 is 49.8 Å². The van der Waals surface area contributed by atoms with Crippen LogP contribution in [0.1, 0.15) is 75.5 Å². The fourth-order valence-electron chi connectivity index (χ4n) is 8.95. The number of Topliss-reactive ketones (excluding diaryl/α,β-unsaturated/α-hetero) is 1. The van der Waals surface area contributed by atoms with Crippen LogP contribution < -0.4 is 10.1 Å². The summed E-state index contributed by atoms with van der Waals surface area (Å²) < 4.78 is 23.7. The quantitative estimate of drug-likeness (QED) is 0.0652. The molecule has 1 saturated heterocycles. The van der Waals surface area contributed by atoms with E-state index in [1.54, 1.807) is 44.9 Å². The van der Waals surface area contributed by atoms with E-state index >= 15 is 0 Å². The highest BCUT2D eigenvalue weighted by Gasteiger charge is 2.50. The maximum atomic E-state index is 14.6. The van der Waals surface area contributed by atoms with Gasteiger partial charge in [-0.3, -0.25) is 24.3 Å². The Kier molecular flexibility index (Phi) is 15.9. The van der Waals surface area contributed by atoms with Gasteiger partial charge in [0.05, 0.1) is 53.0 Å². The largest absolute Gasteiger partial charge is 0.507 e. The number of carbonyl (C=O) groups is 3. The van der Waals surface area contributed by atoms with E-state index in [-0.39, 0.29) is 44.5 Å². The van der Waals surface area contributed by atoms with E-state index in [1.807, 2.05) is 30.3 Å². The molecule has 0 aromatic heterocycles. The number of nitrogens with zero attached hydrogens (tertiary/aromatic N) is 3. The van der Waals surface area contributed by atoms with Crippen LogP contribution in [0, 0.1) is 30.6 Å². The molecule has 4 aliphatic rings. The molecule has 4 aliphatic heterocycles. The van der Waals surface area contributed by atoms with Crippen molar-refractivity contribution in [1.29, 1.82) is 0 Å². The fraction of sp³-hybridized carbons (Fsp3) is 0.451. The molecule has 360 valence electrons. The van der Waals surface area contributed by atoms with Gasteiger partial charge in [0.25, 0.3) is 11.7 Å². The summed E-state index contributed by atoms with van der Waals surface area (Å²) in [5.74, 6) is -8.44. The smallest absolute Gasteiger partial charge is 0.312 e. The highest BCUT2D eigenvalue weighted by Crippen LogP contribution is 2.55. The molecule has 9 atom stereocenters. The summed E-state index contributed by atoms with van der Waals surface area (Å²) in [6.45, 7) is 15.7. The van der Waals surface area contributed by atoms with Crippen molar-refractivity contribution in [3.05, 3.63) is 94.8 Å². The average Bonchev–Trinajstić information content (AvgIpc) is 3.57. The Morgan fingerprint density at radius 2 is 1.61 bits per heavy atom. The lowest BCUT2D eigenvalue weighted by atomic mass is 9.78. The van der Waals surface area contributed by atoms with Crippen LogP contribution in [-0.4, -0.2) is 129 Å². The van der Waals surface area contributed by atoms with E-state index in [0.29, 0.717) is 26.2 Å². The first kappa shape index (κ1) is 50.2. The second-order valence-electron chi connectivity index (χ2n) is 17.9. The van der Waals surface area contributed by atoms with Gasteiger partial charge in [-0.15, -0.1) is 0 Å². The third-order valence-corrected chi connectivity index (χ3v) is 13.2. The van der Waals surface area contributed by atoms with Crippen molar-refractivity contribution in [2.75, 3.05) is 45.2 Å². The fourth-order valence-corrected chi connectivity index (χ4v) is 8.95. The second-order valence-corrected chi connectivity index (χ2v) is 17.9. The first-order valence-corrected chi connectivity index (χ1v) is 22.6. The number of methoxy groups -OCH3 is 1. The van der Waals surface area contributed by atoms with E-state index in [1.165, 1.54) is 59.4 Å². The lowest BCUT2D eigenvalue weighted by Gasteiger charge is -2.38. The third-order valence-electron chi connectivity index (χ3n) is 13.2. The van der Waals surface area contributed by atoms with Crippen LogP contribution in [0.15, 0.2) is 77.6 Å². The maximum absolute atomic E-state index is 14.6. The number of allylic oxidation sites excluding steroid dienone is 2. The number of carbonyl (C=O) groups excluding carboxylic acids is 3. The Bertz CT molecular complexity index is 2480. The monoisotopic (exact) mass is 924 g/mol. The molecule has 3 aromatic rings. The highest BCUT2D eigenvalue weighted by molar-refractivity contribution is 6.23. The van der Waals surface area contributed by atoms with Crippen molar-refractivity contribution in [3.8, 4) is 23.0 Å². The number of hydrogen-bond donors (Lipinski definition) is 6. The minimum absolute atomic E-state index is 0.0504. The molecule has 7 rings (SSSR count). The molecule has 16 nitrogen and oxygen atoms in total. The number of esters is 1. The number of phenols is 3. The molecule has 67 heavy (non-hydrogen) atoms. The Labute approximate surface area is 391 Å². The number of fused-ring (bicyclic) bond motifs is 14. The molecular formula is C51H64N4O12. The zero-order chi connectivity index (χ0) is 48.9. The Morgan fingerprint density at radius 3 is 2.27 bits per heavy atom. The van der Waals surface area contributed by atoms with Gasteiger partial charge in [0.1, 0.15) is 23.4 Å². The number of aromatic hydroxyl groups is 3. The number of rotatable bonds is 7. The number of anilines is 1.